The molecule has 0 bridgehead atoms. The van der Waals surface area contributed by atoms with Gasteiger partial charge in [0.05, 0.1) is 12.8 Å². The number of para-hydroxylation sites is 3. The number of piperazine rings is 1. The Morgan fingerprint density at radius 3 is 2.23 bits per heavy atom. The maximum atomic E-state index is 12.7. The monoisotopic (exact) mass is 354 g/mol. The molecule has 3 rings (SSSR count). The Morgan fingerprint density at radius 2 is 1.58 bits per heavy atom. The summed E-state index contributed by atoms with van der Waals surface area (Å²) in [4.78, 5) is 16.9. The van der Waals surface area contributed by atoms with Crippen LogP contribution in [0.4, 0.5) is 5.69 Å². The molecule has 1 amide bonds. The lowest BCUT2D eigenvalue weighted by Gasteiger charge is -2.37. The molecule has 0 aromatic heterocycles. The molecule has 5 heteroatoms. The predicted molar refractivity (Wildman–Crippen MR) is 103 cm³/mol. The molecule has 0 radical (unpaired) electrons. The van der Waals surface area contributed by atoms with Crippen LogP contribution < -0.4 is 14.4 Å². The molecule has 0 spiro atoms. The molecule has 0 unspecified atom stereocenters. The quantitative estimate of drug-likeness (QED) is 0.827. The third-order valence-electron chi connectivity index (χ3n) is 4.76. The van der Waals surface area contributed by atoms with Crippen LogP contribution in [0.25, 0.3) is 0 Å². The first-order chi connectivity index (χ1) is 12.6. The molecule has 26 heavy (non-hydrogen) atoms. The summed E-state index contributed by atoms with van der Waals surface area (Å²) in [6.07, 6.45) is -0.492. The van der Waals surface area contributed by atoms with Crippen molar-refractivity contribution < 1.29 is 14.3 Å². The number of rotatable bonds is 5. The first kappa shape index (κ1) is 18.1. The fourth-order valence-corrected chi connectivity index (χ4v) is 3.25. The van der Waals surface area contributed by atoms with Crippen molar-refractivity contribution in [3.8, 4) is 11.5 Å². The highest BCUT2D eigenvalue weighted by Gasteiger charge is 2.27. The first-order valence-electron chi connectivity index (χ1n) is 8.99. The van der Waals surface area contributed by atoms with E-state index < -0.39 is 6.10 Å². The second-order valence-electron chi connectivity index (χ2n) is 6.51. The third-order valence-corrected chi connectivity index (χ3v) is 4.76. The maximum absolute atomic E-state index is 12.7. The normalized spacial score (nSPS) is 15.5. The van der Waals surface area contributed by atoms with Crippen molar-refractivity contribution in [2.24, 2.45) is 0 Å². The Labute approximate surface area is 155 Å². The Bertz CT molecular complexity index is 754. The molecular formula is C21H26N2O3. The van der Waals surface area contributed by atoms with E-state index in [-0.39, 0.29) is 5.91 Å². The molecule has 1 heterocycles. The predicted octanol–water partition coefficient (Wildman–Crippen LogP) is 3.12. The standard InChI is InChI=1S/C21H26N2O3/c1-16-8-4-6-10-19(16)26-17(2)21(24)23-14-12-22(13-15-23)18-9-5-7-11-20(18)25-3/h4-11,17H,12-15H2,1-3H3/t17-/m1/s1. The van der Waals surface area contributed by atoms with Crippen molar-refractivity contribution in [3.63, 3.8) is 0 Å². The van der Waals surface area contributed by atoms with Crippen LogP contribution in [0.5, 0.6) is 11.5 Å². The van der Waals surface area contributed by atoms with Gasteiger partial charge in [-0.2, -0.15) is 0 Å². The van der Waals surface area contributed by atoms with Crippen molar-refractivity contribution in [2.45, 2.75) is 20.0 Å². The van der Waals surface area contributed by atoms with Gasteiger partial charge >= 0.3 is 0 Å². The van der Waals surface area contributed by atoms with Crippen molar-refractivity contribution >= 4 is 11.6 Å². The van der Waals surface area contributed by atoms with Gasteiger partial charge in [-0.3, -0.25) is 4.79 Å². The fraction of sp³-hybridized carbons (Fsp3) is 0.381. The number of methoxy groups -OCH3 is 1. The minimum absolute atomic E-state index is 0.0351. The number of aryl methyl sites for hydroxylation is 1. The average Bonchev–Trinajstić information content (AvgIpc) is 2.69. The Morgan fingerprint density at radius 1 is 0.962 bits per heavy atom. The SMILES string of the molecule is COc1ccccc1N1CCN(C(=O)[C@@H](C)Oc2ccccc2C)CC1. The highest BCUT2D eigenvalue weighted by molar-refractivity contribution is 5.81. The van der Waals surface area contributed by atoms with Gasteiger partial charge in [-0.1, -0.05) is 30.3 Å². The fourth-order valence-electron chi connectivity index (χ4n) is 3.25. The van der Waals surface area contributed by atoms with Crippen LogP contribution in [0, 0.1) is 6.92 Å². The zero-order valence-electron chi connectivity index (χ0n) is 15.6. The lowest BCUT2D eigenvalue weighted by molar-refractivity contribution is -0.138. The van der Waals surface area contributed by atoms with Gasteiger partial charge < -0.3 is 19.3 Å². The van der Waals surface area contributed by atoms with Crippen molar-refractivity contribution in [3.05, 3.63) is 54.1 Å². The highest BCUT2D eigenvalue weighted by atomic mass is 16.5. The lowest BCUT2D eigenvalue weighted by atomic mass is 10.2. The van der Waals surface area contributed by atoms with Gasteiger partial charge in [0.1, 0.15) is 11.5 Å². The van der Waals surface area contributed by atoms with Gasteiger partial charge in [-0.05, 0) is 37.6 Å². The number of ether oxygens (including phenoxy) is 2. The Hall–Kier alpha value is -2.69. The van der Waals surface area contributed by atoms with Gasteiger partial charge in [0.25, 0.3) is 5.91 Å². The van der Waals surface area contributed by atoms with E-state index in [4.69, 9.17) is 9.47 Å². The summed E-state index contributed by atoms with van der Waals surface area (Å²) in [6, 6.07) is 15.8. The van der Waals surface area contributed by atoms with Gasteiger partial charge in [0.15, 0.2) is 6.10 Å². The van der Waals surface area contributed by atoms with Crippen molar-refractivity contribution in [2.75, 3.05) is 38.2 Å². The molecule has 0 aliphatic carbocycles. The van der Waals surface area contributed by atoms with E-state index in [1.807, 2.05) is 61.2 Å². The van der Waals surface area contributed by atoms with E-state index >= 15 is 0 Å². The van der Waals surface area contributed by atoms with E-state index in [2.05, 4.69) is 11.0 Å². The number of amides is 1. The van der Waals surface area contributed by atoms with E-state index in [1.54, 1.807) is 7.11 Å². The van der Waals surface area contributed by atoms with E-state index in [0.717, 1.165) is 35.8 Å². The van der Waals surface area contributed by atoms with Crippen LogP contribution in [-0.4, -0.2) is 50.2 Å². The van der Waals surface area contributed by atoms with Crippen LogP contribution in [0.2, 0.25) is 0 Å². The molecule has 1 atom stereocenters. The molecule has 2 aromatic rings. The average molecular weight is 354 g/mol. The first-order valence-corrected chi connectivity index (χ1v) is 8.99. The van der Waals surface area contributed by atoms with Crippen LogP contribution in [0.15, 0.2) is 48.5 Å². The number of hydrogen-bond acceptors (Lipinski definition) is 4. The van der Waals surface area contributed by atoms with Gasteiger partial charge in [-0.25, -0.2) is 0 Å². The van der Waals surface area contributed by atoms with Crippen LogP contribution in [-0.2, 0) is 4.79 Å². The molecule has 2 aromatic carbocycles. The molecule has 5 nitrogen and oxygen atoms in total. The second-order valence-corrected chi connectivity index (χ2v) is 6.51. The van der Waals surface area contributed by atoms with Gasteiger partial charge in [-0.15, -0.1) is 0 Å². The summed E-state index contributed by atoms with van der Waals surface area (Å²) in [7, 11) is 1.68. The third kappa shape index (κ3) is 3.93. The molecule has 1 aliphatic rings. The summed E-state index contributed by atoms with van der Waals surface area (Å²) in [5, 5.41) is 0. The number of hydrogen-bond donors (Lipinski definition) is 0. The molecule has 138 valence electrons. The minimum atomic E-state index is -0.492. The molecule has 1 fully saturated rings. The minimum Gasteiger partial charge on any atom is -0.495 e. The van der Waals surface area contributed by atoms with Crippen LogP contribution in [0.3, 0.4) is 0 Å². The molecular weight excluding hydrogens is 328 g/mol. The molecule has 0 saturated carbocycles. The van der Waals surface area contributed by atoms with Crippen molar-refractivity contribution in [1.82, 2.24) is 4.90 Å². The Balaban J connectivity index is 1.59. The largest absolute Gasteiger partial charge is 0.495 e. The number of carbonyl (C=O) groups excluding carboxylic acids is 1. The number of benzene rings is 2. The van der Waals surface area contributed by atoms with Gasteiger partial charge in [0, 0.05) is 26.2 Å². The van der Waals surface area contributed by atoms with Crippen molar-refractivity contribution in [1.29, 1.82) is 0 Å². The highest BCUT2D eigenvalue weighted by Crippen LogP contribution is 2.28. The van der Waals surface area contributed by atoms with E-state index in [1.165, 1.54) is 0 Å². The van der Waals surface area contributed by atoms with Crippen LogP contribution >= 0.6 is 0 Å². The van der Waals surface area contributed by atoms with E-state index in [9.17, 15) is 4.79 Å². The topological polar surface area (TPSA) is 42.0 Å². The molecule has 1 saturated heterocycles. The zero-order chi connectivity index (χ0) is 18.5. The number of nitrogens with zero attached hydrogens (tertiary/aromatic N) is 2. The molecule has 1 aliphatic heterocycles. The summed E-state index contributed by atoms with van der Waals surface area (Å²) >= 11 is 0. The van der Waals surface area contributed by atoms with E-state index in [0.29, 0.717) is 13.1 Å². The smallest absolute Gasteiger partial charge is 0.263 e. The molecule has 0 N–H and O–H groups in total. The van der Waals surface area contributed by atoms with Gasteiger partial charge in [0.2, 0.25) is 0 Å². The summed E-state index contributed by atoms with van der Waals surface area (Å²) in [5.41, 5.74) is 2.11. The number of carbonyl (C=O) groups is 1. The lowest BCUT2D eigenvalue weighted by Crippen LogP contribution is -2.52. The summed E-state index contributed by atoms with van der Waals surface area (Å²) < 4.78 is 11.3. The number of anilines is 1. The summed E-state index contributed by atoms with van der Waals surface area (Å²) in [5.74, 6) is 1.66. The zero-order valence-corrected chi connectivity index (χ0v) is 15.6. The summed E-state index contributed by atoms with van der Waals surface area (Å²) in [6.45, 7) is 6.73. The second kappa shape index (κ2) is 8.13. The Kier molecular flexibility index (Phi) is 5.66. The van der Waals surface area contributed by atoms with Crippen LogP contribution in [0.1, 0.15) is 12.5 Å². The maximum Gasteiger partial charge on any atom is 0.263 e.